The van der Waals surface area contributed by atoms with E-state index in [0.717, 1.165) is 38.0 Å². The highest BCUT2D eigenvalue weighted by molar-refractivity contribution is 5.74. The van der Waals surface area contributed by atoms with Gasteiger partial charge in [0.2, 0.25) is 0 Å². The van der Waals surface area contributed by atoms with E-state index in [0.29, 0.717) is 0 Å². The molecule has 1 aromatic carbocycles. The second kappa shape index (κ2) is 8.99. The van der Waals surface area contributed by atoms with Crippen LogP contribution in [0.3, 0.4) is 0 Å². The molecule has 1 aliphatic rings. The van der Waals surface area contributed by atoms with Crippen molar-refractivity contribution in [3.8, 4) is 0 Å². The molecule has 0 aromatic heterocycles. The topological polar surface area (TPSA) is 64.6 Å². The second-order valence-corrected chi connectivity index (χ2v) is 6.74. The molecule has 1 saturated heterocycles. The van der Waals surface area contributed by atoms with Crippen LogP contribution in [0.2, 0.25) is 0 Å². The van der Waals surface area contributed by atoms with Crippen LogP contribution >= 0.6 is 0 Å². The molecule has 2 unspecified atom stereocenters. The van der Waals surface area contributed by atoms with Gasteiger partial charge in [0.05, 0.1) is 0 Å². The summed E-state index contributed by atoms with van der Waals surface area (Å²) in [5.41, 5.74) is 1.10. The monoisotopic (exact) mass is 337 g/mol. The normalized spacial score (nSPS) is 18.8. The van der Waals surface area contributed by atoms with Crippen LogP contribution in [0.15, 0.2) is 24.3 Å². The summed E-state index contributed by atoms with van der Waals surface area (Å²) in [5.74, 6) is -0.175. The van der Waals surface area contributed by atoms with Gasteiger partial charge >= 0.3 is 6.03 Å². The number of carbonyl (C=O) groups excluding carboxylic acids is 1. The number of urea groups is 1. The summed E-state index contributed by atoms with van der Waals surface area (Å²) in [6.07, 6.45) is 1.80. The zero-order valence-electron chi connectivity index (χ0n) is 14.5. The Morgan fingerprint density at radius 2 is 1.92 bits per heavy atom. The minimum atomic E-state index is -0.211. The van der Waals surface area contributed by atoms with Crippen LogP contribution < -0.4 is 10.6 Å². The van der Waals surface area contributed by atoms with Crippen molar-refractivity contribution in [2.45, 2.75) is 45.3 Å². The van der Waals surface area contributed by atoms with Gasteiger partial charge in [-0.2, -0.15) is 0 Å². The van der Waals surface area contributed by atoms with Gasteiger partial charge in [0.25, 0.3) is 0 Å². The number of aliphatic hydroxyl groups is 1. The molecular formula is C18H28FN3O2. The number of nitrogens with one attached hydrogen (secondary N) is 2. The molecule has 1 heterocycles. The average Bonchev–Trinajstić information content (AvgIpc) is 2.57. The standard InChI is InChI=1S/C18H28FN3O2/c1-13(12-23)14(2)20-18(24)21-17-7-9-22(10-8-17)11-15-3-5-16(19)6-4-15/h3-6,13-14,17,23H,7-12H2,1-2H3,(H2,20,21,24). The van der Waals surface area contributed by atoms with E-state index in [1.54, 1.807) is 0 Å². The lowest BCUT2D eigenvalue weighted by atomic mass is 10.0. The van der Waals surface area contributed by atoms with E-state index in [1.165, 1.54) is 12.1 Å². The molecule has 0 radical (unpaired) electrons. The number of rotatable bonds is 6. The molecule has 2 amide bonds. The average molecular weight is 337 g/mol. The number of benzene rings is 1. The first-order valence-corrected chi connectivity index (χ1v) is 8.62. The van der Waals surface area contributed by atoms with Gasteiger partial charge < -0.3 is 15.7 Å². The Balaban J connectivity index is 1.70. The first-order valence-electron chi connectivity index (χ1n) is 8.62. The molecule has 0 spiro atoms. The van der Waals surface area contributed by atoms with E-state index in [2.05, 4.69) is 15.5 Å². The molecule has 6 heteroatoms. The van der Waals surface area contributed by atoms with Gasteiger partial charge in [-0.25, -0.2) is 9.18 Å². The van der Waals surface area contributed by atoms with Crippen LogP contribution in [-0.4, -0.2) is 47.8 Å². The van der Waals surface area contributed by atoms with E-state index >= 15 is 0 Å². The highest BCUT2D eigenvalue weighted by atomic mass is 19.1. The largest absolute Gasteiger partial charge is 0.396 e. The van der Waals surface area contributed by atoms with Gasteiger partial charge in [0.15, 0.2) is 0 Å². The lowest BCUT2D eigenvalue weighted by Gasteiger charge is -2.32. The summed E-state index contributed by atoms with van der Waals surface area (Å²) in [6, 6.07) is 6.55. The maximum Gasteiger partial charge on any atom is 0.315 e. The number of carbonyl (C=O) groups is 1. The number of halogens is 1. The summed E-state index contributed by atoms with van der Waals surface area (Å²) < 4.78 is 12.9. The molecule has 0 saturated carbocycles. The molecule has 0 aliphatic carbocycles. The van der Waals surface area contributed by atoms with Gasteiger partial charge in [0.1, 0.15) is 5.82 Å². The van der Waals surface area contributed by atoms with Crippen molar-refractivity contribution in [2.24, 2.45) is 5.92 Å². The van der Waals surface area contributed by atoms with Crippen molar-refractivity contribution in [3.63, 3.8) is 0 Å². The number of hydrogen-bond donors (Lipinski definition) is 3. The fourth-order valence-electron chi connectivity index (χ4n) is 2.82. The first-order chi connectivity index (χ1) is 11.5. The maximum absolute atomic E-state index is 12.9. The fourth-order valence-corrected chi connectivity index (χ4v) is 2.82. The highest BCUT2D eigenvalue weighted by Gasteiger charge is 2.22. The van der Waals surface area contributed by atoms with E-state index in [-0.39, 0.29) is 36.5 Å². The molecule has 0 bridgehead atoms. The van der Waals surface area contributed by atoms with E-state index < -0.39 is 0 Å². The lowest BCUT2D eigenvalue weighted by molar-refractivity contribution is 0.179. The number of amides is 2. The van der Waals surface area contributed by atoms with Crippen molar-refractivity contribution in [1.82, 2.24) is 15.5 Å². The summed E-state index contributed by atoms with van der Waals surface area (Å²) >= 11 is 0. The Labute approximate surface area is 143 Å². The molecule has 2 atom stereocenters. The molecule has 1 aromatic rings. The summed E-state index contributed by atoms with van der Waals surface area (Å²) in [5, 5.41) is 15.0. The number of hydrogen-bond acceptors (Lipinski definition) is 3. The molecule has 24 heavy (non-hydrogen) atoms. The number of likely N-dealkylation sites (tertiary alicyclic amines) is 1. The third-order valence-electron chi connectivity index (χ3n) is 4.74. The second-order valence-electron chi connectivity index (χ2n) is 6.74. The Morgan fingerprint density at radius 3 is 2.50 bits per heavy atom. The highest BCUT2D eigenvalue weighted by Crippen LogP contribution is 2.14. The van der Waals surface area contributed by atoms with Crippen molar-refractivity contribution in [1.29, 1.82) is 0 Å². The van der Waals surface area contributed by atoms with Gasteiger partial charge in [-0.1, -0.05) is 19.1 Å². The van der Waals surface area contributed by atoms with Crippen LogP contribution in [0.5, 0.6) is 0 Å². The maximum atomic E-state index is 12.9. The van der Waals surface area contributed by atoms with Crippen LogP contribution in [0.25, 0.3) is 0 Å². The molecule has 134 valence electrons. The van der Waals surface area contributed by atoms with Crippen molar-refractivity contribution in [3.05, 3.63) is 35.6 Å². The molecular weight excluding hydrogens is 309 g/mol. The third-order valence-corrected chi connectivity index (χ3v) is 4.74. The molecule has 2 rings (SSSR count). The third kappa shape index (κ3) is 5.76. The molecule has 5 nitrogen and oxygen atoms in total. The zero-order valence-corrected chi connectivity index (χ0v) is 14.5. The quantitative estimate of drug-likeness (QED) is 0.745. The van der Waals surface area contributed by atoms with Crippen LogP contribution in [-0.2, 0) is 6.54 Å². The summed E-state index contributed by atoms with van der Waals surface area (Å²) in [4.78, 5) is 14.3. The Kier molecular flexibility index (Phi) is 6.99. The van der Waals surface area contributed by atoms with Gasteiger partial charge in [-0.3, -0.25) is 4.90 Å². The predicted molar refractivity (Wildman–Crippen MR) is 92.1 cm³/mol. The Bertz CT molecular complexity index is 516. The smallest absolute Gasteiger partial charge is 0.315 e. The Hall–Kier alpha value is -1.66. The molecule has 1 fully saturated rings. The van der Waals surface area contributed by atoms with Crippen molar-refractivity contribution >= 4 is 6.03 Å². The van der Waals surface area contributed by atoms with E-state index in [9.17, 15) is 9.18 Å². The summed E-state index contributed by atoms with van der Waals surface area (Å²) in [7, 11) is 0. The minimum Gasteiger partial charge on any atom is -0.396 e. The predicted octanol–water partition coefficient (Wildman–Crippen LogP) is 2.11. The number of piperidine rings is 1. The zero-order chi connectivity index (χ0) is 17.5. The minimum absolute atomic E-state index is 0.0355. The number of aliphatic hydroxyl groups excluding tert-OH is 1. The van der Waals surface area contributed by atoms with E-state index in [4.69, 9.17) is 5.11 Å². The van der Waals surface area contributed by atoms with Gasteiger partial charge in [-0.05, 0) is 43.4 Å². The summed E-state index contributed by atoms with van der Waals surface area (Å²) in [6.45, 7) is 6.48. The van der Waals surface area contributed by atoms with Crippen molar-refractivity contribution in [2.75, 3.05) is 19.7 Å². The number of nitrogens with zero attached hydrogens (tertiary/aromatic N) is 1. The lowest BCUT2D eigenvalue weighted by Crippen LogP contribution is -2.50. The van der Waals surface area contributed by atoms with Crippen molar-refractivity contribution < 1.29 is 14.3 Å². The Morgan fingerprint density at radius 1 is 1.29 bits per heavy atom. The van der Waals surface area contributed by atoms with Crippen LogP contribution in [0.4, 0.5) is 9.18 Å². The fraction of sp³-hybridized carbons (Fsp3) is 0.611. The SMILES string of the molecule is CC(CO)C(C)NC(=O)NC1CCN(Cc2ccc(F)cc2)CC1. The molecule has 3 N–H and O–H groups in total. The van der Waals surface area contributed by atoms with Gasteiger partial charge in [0, 0.05) is 38.3 Å². The van der Waals surface area contributed by atoms with Gasteiger partial charge in [-0.15, -0.1) is 0 Å². The first kappa shape index (κ1) is 18.7. The van der Waals surface area contributed by atoms with Crippen LogP contribution in [0.1, 0.15) is 32.3 Å². The van der Waals surface area contributed by atoms with Crippen LogP contribution in [0, 0.1) is 11.7 Å². The molecule has 1 aliphatic heterocycles. The van der Waals surface area contributed by atoms with E-state index in [1.807, 2.05) is 26.0 Å².